The molecule has 0 saturated carbocycles. The molecule has 11 heteroatoms. The molecule has 1 unspecified atom stereocenters. The SMILES string of the molecule is CCCOC(=O)c1ccc(-c2ccc(C(=O)O)c(C(=O)OCCOc3ccc4c(c3)C3(c5ccccc5-c5ccc(OCCOC)cc53)c3ccccc3-4)c2)cc1C(=O)O. The topological polar surface area (TPSA) is 155 Å². The highest BCUT2D eigenvalue weighted by Gasteiger charge is 2.52. The molecule has 11 nitrogen and oxygen atoms in total. The number of aromatic carboxylic acids is 2. The standard InChI is InChI=1S/C49H40O11/c1-3-20-59-47(54)38-17-13-29(25-39(38)46(52)53)30-12-16-37(45(50)51)40(26-30)48(55)60-24-23-58-32-15-19-36-34-9-5-7-11-42(34)49(44(36)28-32)41-10-6-4-8-33(41)35-18-14-31(27-43(35)49)57-22-21-56-2/h4-19,25-28H,3,20-24H2,1-2H3,(H,50,51)(H,52,53). The molecule has 0 aliphatic heterocycles. The Hall–Kier alpha value is -7.24. The van der Waals surface area contributed by atoms with Gasteiger partial charge < -0.3 is 33.9 Å². The number of ether oxygens (including phenoxy) is 5. The largest absolute Gasteiger partial charge is 0.491 e. The third-order valence-electron chi connectivity index (χ3n) is 10.9. The number of hydrogen-bond acceptors (Lipinski definition) is 9. The quantitative estimate of drug-likeness (QED) is 0.0754. The van der Waals surface area contributed by atoms with Crippen LogP contribution in [-0.2, 0) is 19.6 Å². The molecule has 302 valence electrons. The van der Waals surface area contributed by atoms with Crippen LogP contribution in [0.15, 0.2) is 121 Å². The number of rotatable bonds is 15. The summed E-state index contributed by atoms with van der Waals surface area (Å²) in [5.41, 5.74) is 7.93. The van der Waals surface area contributed by atoms with Crippen molar-refractivity contribution in [2.75, 3.05) is 40.1 Å². The van der Waals surface area contributed by atoms with E-state index in [4.69, 9.17) is 23.7 Å². The van der Waals surface area contributed by atoms with E-state index in [1.807, 2.05) is 43.3 Å². The maximum absolute atomic E-state index is 13.5. The highest BCUT2D eigenvalue weighted by molar-refractivity contribution is 6.05. The van der Waals surface area contributed by atoms with E-state index in [9.17, 15) is 29.4 Å². The molecule has 60 heavy (non-hydrogen) atoms. The van der Waals surface area contributed by atoms with E-state index < -0.39 is 29.3 Å². The van der Waals surface area contributed by atoms with Crippen molar-refractivity contribution >= 4 is 23.9 Å². The summed E-state index contributed by atoms with van der Waals surface area (Å²) in [5, 5.41) is 19.8. The number of carboxylic acids is 2. The minimum atomic E-state index is -1.35. The molecule has 0 amide bonds. The molecule has 1 atom stereocenters. The maximum Gasteiger partial charge on any atom is 0.339 e. The van der Waals surface area contributed by atoms with Crippen molar-refractivity contribution in [1.82, 2.24) is 0 Å². The number of methoxy groups -OCH3 is 1. The van der Waals surface area contributed by atoms with Crippen LogP contribution in [0.4, 0.5) is 0 Å². The highest BCUT2D eigenvalue weighted by atomic mass is 16.6. The number of hydrogen-bond donors (Lipinski definition) is 2. The van der Waals surface area contributed by atoms with Gasteiger partial charge >= 0.3 is 23.9 Å². The van der Waals surface area contributed by atoms with Crippen LogP contribution in [0.1, 0.15) is 77.0 Å². The molecule has 0 heterocycles. The van der Waals surface area contributed by atoms with Crippen LogP contribution in [0, 0.1) is 0 Å². The molecule has 2 aliphatic rings. The van der Waals surface area contributed by atoms with Crippen LogP contribution in [-0.4, -0.2) is 74.2 Å². The fourth-order valence-corrected chi connectivity index (χ4v) is 8.32. The van der Waals surface area contributed by atoms with Gasteiger partial charge in [-0.05, 0) is 111 Å². The summed E-state index contributed by atoms with van der Waals surface area (Å²) in [4.78, 5) is 50.3. The fraction of sp³-hybridized carbons (Fsp3) is 0.184. The van der Waals surface area contributed by atoms with Crippen LogP contribution in [0.3, 0.4) is 0 Å². The molecule has 0 radical (unpaired) electrons. The summed E-state index contributed by atoms with van der Waals surface area (Å²) >= 11 is 0. The van der Waals surface area contributed by atoms with Gasteiger partial charge in [0, 0.05) is 7.11 Å². The Morgan fingerprint density at radius 1 is 0.483 bits per heavy atom. The van der Waals surface area contributed by atoms with Crippen molar-refractivity contribution in [2.24, 2.45) is 0 Å². The van der Waals surface area contributed by atoms with Crippen LogP contribution in [0.5, 0.6) is 11.5 Å². The highest BCUT2D eigenvalue weighted by Crippen LogP contribution is 2.63. The van der Waals surface area contributed by atoms with E-state index in [0.717, 1.165) is 50.3 Å². The van der Waals surface area contributed by atoms with Crippen LogP contribution in [0.25, 0.3) is 33.4 Å². The van der Waals surface area contributed by atoms with Crippen LogP contribution < -0.4 is 9.47 Å². The first kappa shape index (κ1) is 39.6. The maximum atomic E-state index is 13.5. The van der Waals surface area contributed by atoms with Gasteiger partial charge in [-0.2, -0.15) is 0 Å². The van der Waals surface area contributed by atoms with Gasteiger partial charge in [-0.3, -0.25) is 0 Å². The zero-order valence-corrected chi connectivity index (χ0v) is 32.9. The molecule has 6 aromatic carbocycles. The normalized spacial score (nSPS) is 14.1. The summed E-state index contributed by atoms with van der Waals surface area (Å²) in [6.07, 6.45) is 0.565. The average molecular weight is 805 g/mol. The van der Waals surface area contributed by atoms with E-state index in [0.29, 0.717) is 36.5 Å². The van der Waals surface area contributed by atoms with Crippen molar-refractivity contribution in [3.05, 3.63) is 166 Å². The average Bonchev–Trinajstić information content (AvgIpc) is 3.73. The van der Waals surface area contributed by atoms with Crippen LogP contribution >= 0.6 is 0 Å². The first-order valence-corrected chi connectivity index (χ1v) is 19.5. The predicted molar refractivity (Wildman–Crippen MR) is 222 cm³/mol. The second-order valence-corrected chi connectivity index (χ2v) is 14.3. The summed E-state index contributed by atoms with van der Waals surface area (Å²) in [6, 6.07) is 37.1. The second-order valence-electron chi connectivity index (χ2n) is 14.3. The molecule has 0 aromatic heterocycles. The molecule has 2 N–H and O–H groups in total. The summed E-state index contributed by atoms with van der Waals surface area (Å²) in [7, 11) is 1.64. The molecule has 0 fully saturated rings. The van der Waals surface area contributed by atoms with Crippen molar-refractivity contribution in [3.8, 4) is 44.9 Å². The Bertz CT molecular complexity index is 2670. The van der Waals surface area contributed by atoms with Gasteiger partial charge in [0.1, 0.15) is 31.3 Å². The number of carbonyl (C=O) groups excluding carboxylic acids is 2. The summed E-state index contributed by atoms with van der Waals surface area (Å²) in [6.45, 7) is 2.59. The molecule has 8 rings (SSSR count). The number of esters is 2. The van der Waals surface area contributed by atoms with E-state index >= 15 is 0 Å². The molecule has 0 bridgehead atoms. The lowest BCUT2D eigenvalue weighted by Gasteiger charge is -2.30. The zero-order chi connectivity index (χ0) is 42.0. The number of benzene rings is 6. The molecular weight excluding hydrogens is 765 g/mol. The van der Waals surface area contributed by atoms with Crippen LogP contribution in [0.2, 0.25) is 0 Å². The lowest BCUT2D eigenvalue weighted by molar-refractivity contribution is 0.0441. The Morgan fingerprint density at radius 2 is 0.967 bits per heavy atom. The Morgan fingerprint density at radius 3 is 1.52 bits per heavy atom. The van der Waals surface area contributed by atoms with E-state index in [1.54, 1.807) is 7.11 Å². The molecule has 1 spiro atoms. The molecular formula is C49H40O11. The lowest BCUT2D eigenvalue weighted by Crippen LogP contribution is -2.26. The predicted octanol–water partition coefficient (Wildman–Crippen LogP) is 8.92. The number of fused-ring (bicyclic) bond motifs is 10. The van der Waals surface area contributed by atoms with E-state index in [-0.39, 0.29) is 42.1 Å². The number of carbonyl (C=O) groups is 4. The lowest BCUT2D eigenvalue weighted by atomic mass is 9.70. The monoisotopic (exact) mass is 804 g/mol. The van der Waals surface area contributed by atoms with Crippen molar-refractivity contribution in [2.45, 2.75) is 18.8 Å². The number of carboxylic acid groups (broad SMARTS) is 2. The van der Waals surface area contributed by atoms with Gasteiger partial charge in [-0.15, -0.1) is 0 Å². The first-order valence-electron chi connectivity index (χ1n) is 19.5. The minimum Gasteiger partial charge on any atom is -0.491 e. The zero-order valence-electron chi connectivity index (χ0n) is 32.9. The Labute approximate surface area is 345 Å². The van der Waals surface area contributed by atoms with Gasteiger partial charge in [-0.25, -0.2) is 19.2 Å². The minimum absolute atomic E-state index is 0.0329. The summed E-state index contributed by atoms with van der Waals surface area (Å²) < 4.78 is 28.3. The van der Waals surface area contributed by atoms with Gasteiger partial charge in [0.25, 0.3) is 0 Å². The second kappa shape index (κ2) is 16.6. The molecule has 2 aliphatic carbocycles. The smallest absolute Gasteiger partial charge is 0.339 e. The fourth-order valence-electron chi connectivity index (χ4n) is 8.32. The van der Waals surface area contributed by atoms with Gasteiger partial charge in [0.2, 0.25) is 0 Å². The third kappa shape index (κ3) is 6.92. The van der Waals surface area contributed by atoms with Gasteiger partial charge in [0.15, 0.2) is 0 Å². The molecule has 6 aromatic rings. The van der Waals surface area contributed by atoms with Gasteiger partial charge in [0.05, 0.1) is 40.9 Å². The van der Waals surface area contributed by atoms with E-state index in [1.165, 1.54) is 36.4 Å². The summed E-state index contributed by atoms with van der Waals surface area (Å²) in [5.74, 6) is -3.07. The van der Waals surface area contributed by atoms with Crippen molar-refractivity contribution in [3.63, 3.8) is 0 Å². The Balaban J connectivity index is 1.05. The van der Waals surface area contributed by atoms with Gasteiger partial charge in [-0.1, -0.05) is 79.7 Å². The molecule has 0 saturated heterocycles. The van der Waals surface area contributed by atoms with E-state index in [2.05, 4.69) is 48.5 Å². The Kier molecular flexibility index (Phi) is 10.9. The van der Waals surface area contributed by atoms with Crippen molar-refractivity contribution < 1.29 is 53.1 Å². The first-order chi connectivity index (χ1) is 29.2. The third-order valence-corrected chi connectivity index (χ3v) is 10.9. The van der Waals surface area contributed by atoms with Crippen molar-refractivity contribution in [1.29, 1.82) is 0 Å².